The van der Waals surface area contributed by atoms with Gasteiger partial charge in [-0.1, -0.05) is 28.1 Å². The van der Waals surface area contributed by atoms with E-state index >= 15 is 0 Å². The lowest BCUT2D eigenvalue weighted by atomic mass is 10.1. The monoisotopic (exact) mass is 360 g/mol. The Morgan fingerprint density at radius 3 is 2.64 bits per heavy atom. The summed E-state index contributed by atoms with van der Waals surface area (Å²) in [6, 6.07) is 13.6. The van der Waals surface area contributed by atoms with Gasteiger partial charge in [0.2, 0.25) is 5.91 Å². The van der Waals surface area contributed by atoms with Gasteiger partial charge in [-0.3, -0.25) is 4.79 Å². The van der Waals surface area contributed by atoms with Crippen molar-refractivity contribution in [2.45, 2.75) is 19.5 Å². The predicted octanol–water partition coefficient (Wildman–Crippen LogP) is 3.80. The van der Waals surface area contributed by atoms with Crippen molar-refractivity contribution in [1.29, 1.82) is 0 Å². The van der Waals surface area contributed by atoms with Gasteiger partial charge in [-0.2, -0.15) is 0 Å². The quantitative estimate of drug-likeness (QED) is 0.904. The number of carbonyl (C=O) groups is 1. The number of nitrogens with one attached hydrogen (secondary N) is 1. The van der Waals surface area contributed by atoms with Crippen LogP contribution < -0.4 is 15.0 Å². The topological polar surface area (TPSA) is 41.6 Å². The van der Waals surface area contributed by atoms with E-state index in [1.165, 1.54) is 0 Å². The van der Waals surface area contributed by atoms with E-state index < -0.39 is 0 Å². The second-order valence-corrected chi connectivity index (χ2v) is 6.22. The molecule has 2 aromatic rings. The van der Waals surface area contributed by atoms with Gasteiger partial charge in [0.15, 0.2) is 0 Å². The maximum Gasteiger partial charge on any atom is 0.246 e. The summed E-state index contributed by atoms with van der Waals surface area (Å²) in [7, 11) is 1.65. The molecule has 1 aliphatic rings. The summed E-state index contributed by atoms with van der Waals surface area (Å²) in [5.74, 6) is 0.847. The third-order valence-electron chi connectivity index (χ3n) is 3.89. The molecule has 0 saturated carbocycles. The number of nitrogens with zero attached hydrogens (tertiary/aromatic N) is 1. The Bertz CT molecular complexity index is 700. The molecular formula is C17H17BrN2O2. The van der Waals surface area contributed by atoms with Gasteiger partial charge >= 0.3 is 0 Å². The Kier molecular flexibility index (Phi) is 4.07. The Morgan fingerprint density at radius 1 is 1.23 bits per heavy atom. The molecule has 0 unspecified atom stereocenters. The standard InChI is InChI=1S/C17H17BrN2O2/c1-11-17(21)19-15-8-5-13(18)9-16(15)20(11)10-12-3-6-14(22-2)7-4-12/h3-9,11H,10H2,1-2H3,(H,19,21)/t11-/m1/s1. The average Bonchev–Trinajstić information content (AvgIpc) is 2.53. The number of amides is 1. The lowest BCUT2D eigenvalue weighted by Gasteiger charge is -2.36. The minimum Gasteiger partial charge on any atom is -0.497 e. The van der Waals surface area contributed by atoms with Crippen LogP contribution in [0.15, 0.2) is 46.9 Å². The second kappa shape index (κ2) is 6.01. The van der Waals surface area contributed by atoms with Crippen LogP contribution in [0.2, 0.25) is 0 Å². The van der Waals surface area contributed by atoms with Crippen LogP contribution in [0.1, 0.15) is 12.5 Å². The summed E-state index contributed by atoms with van der Waals surface area (Å²) in [6.07, 6.45) is 0. The van der Waals surface area contributed by atoms with Crippen molar-refractivity contribution >= 4 is 33.2 Å². The van der Waals surface area contributed by atoms with Crippen LogP contribution in [0.25, 0.3) is 0 Å². The molecule has 0 bridgehead atoms. The molecule has 4 nitrogen and oxygen atoms in total. The molecule has 1 N–H and O–H groups in total. The van der Waals surface area contributed by atoms with Crippen molar-refractivity contribution in [3.8, 4) is 5.75 Å². The number of ether oxygens (including phenoxy) is 1. The maximum absolute atomic E-state index is 12.2. The molecule has 2 aromatic carbocycles. The minimum absolute atomic E-state index is 0.0170. The van der Waals surface area contributed by atoms with Gasteiger partial charge in [0.05, 0.1) is 18.5 Å². The average molecular weight is 361 g/mol. The van der Waals surface area contributed by atoms with Crippen molar-refractivity contribution in [1.82, 2.24) is 0 Å². The summed E-state index contributed by atoms with van der Waals surface area (Å²) in [6.45, 7) is 2.59. The van der Waals surface area contributed by atoms with Crippen molar-refractivity contribution in [3.63, 3.8) is 0 Å². The maximum atomic E-state index is 12.2. The van der Waals surface area contributed by atoms with E-state index in [1.807, 2.05) is 49.4 Å². The second-order valence-electron chi connectivity index (χ2n) is 5.30. The zero-order valence-corrected chi connectivity index (χ0v) is 14.1. The highest BCUT2D eigenvalue weighted by Gasteiger charge is 2.29. The first-order valence-electron chi connectivity index (χ1n) is 7.08. The molecule has 0 saturated heterocycles. The molecule has 1 atom stereocenters. The Hall–Kier alpha value is -2.01. The number of halogens is 1. The zero-order valence-electron chi connectivity index (χ0n) is 12.5. The molecule has 0 spiro atoms. The summed E-state index contributed by atoms with van der Waals surface area (Å²) in [5, 5.41) is 2.95. The number of hydrogen-bond acceptors (Lipinski definition) is 3. The number of anilines is 2. The van der Waals surface area contributed by atoms with E-state index in [0.717, 1.165) is 27.2 Å². The van der Waals surface area contributed by atoms with E-state index in [-0.39, 0.29) is 11.9 Å². The molecule has 1 amide bonds. The highest BCUT2D eigenvalue weighted by atomic mass is 79.9. The third kappa shape index (κ3) is 2.81. The molecule has 0 radical (unpaired) electrons. The van der Waals surface area contributed by atoms with Gasteiger partial charge in [-0.05, 0) is 42.8 Å². The highest BCUT2D eigenvalue weighted by molar-refractivity contribution is 9.10. The van der Waals surface area contributed by atoms with Gasteiger partial charge in [0, 0.05) is 11.0 Å². The Morgan fingerprint density at radius 2 is 1.95 bits per heavy atom. The van der Waals surface area contributed by atoms with Gasteiger partial charge < -0.3 is 15.0 Å². The van der Waals surface area contributed by atoms with Crippen LogP contribution in [-0.2, 0) is 11.3 Å². The molecule has 114 valence electrons. The zero-order chi connectivity index (χ0) is 15.7. The fraction of sp³-hybridized carbons (Fsp3) is 0.235. The number of rotatable bonds is 3. The van der Waals surface area contributed by atoms with Crippen molar-refractivity contribution < 1.29 is 9.53 Å². The Labute approximate surface area is 138 Å². The third-order valence-corrected chi connectivity index (χ3v) is 4.38. The minimum atomic E-state index is -0.219. The number of fused-ring (bicyclic) bond motifs is 1. The Balaban J connectivity index is 1.94. The predicted molar refractivity (Wildman–Crippen MR) is 91.4 cm³/mol. The van der Waals surface area contributed by atoms with Gasteiger partial charge in [-0.15, -0.1) is 0 Å². The SMILES string of the molecule is COc1ccc(CN2c3cc(Br)ccc3NC(=O)[C@H]2C)cc1. The van der Waals surface area contributed by atoms with Crippen LogP contribution in [0.3, 0.4) is 0 Å². The van der Waals surface area contributed by atoms with Crippen LogP contribution in [0.4, 0.5) is 11.4 Å². The molecule has 0 fully saturated rings. The van der Waals surface area contributed by atoms with Crippen molar-refractivity contribution in [2.75, 3.05) is 17.3 Å². The van der Waals surface area contributed by atoms with Gasteiger partial charge in [-0.25, -0.2) is 0 Å². The molecule has 1 aliphatic heterocycles. The molecule has 0 aromatic heterocycles. The number of benzene rings is 2. The first-order valence-corrected chi connectivity index (χ1v) is 7.88. The van der Waals surface area contributed by atoms with Crippen LogP contribution >= 0.6 is 15.9 Å². The van der Waals surface area contributed by atoms with E-state index in [4.69, 9.17) is 4.74 Å². The molecule has 22 heavy (non-hydrogen) atoms. The highest BCUT2D eigenvalue weighted by Crippen LogP contribution is 2.35. The summed E-state index contributed by atoms with van der Waals surface area (Å²) in [5.41, 5.74) is 3.00. The van der Waals surface area contributed by atoms with E-state index in [2.05, 4.69) is 26.1 Å². The number of carbonyl (C=O) groups excluding carboxylic acids is 1. The lowest BCUT2D eigenvalue weighted by Crippen LogP contribution is -2.45. The number of hydrogen-bond donors (Lipinski definition) is 1. The molecule has 3 rings (SSSR count). The smallest absolute Gasteiger partial charge is 0.246 e. The van der Waals surface area contributed by atoms with Crippen LogP contribution in [0.5, 0.6) is 5.75 Å². The van der Waals surface area contributed by atoms with E-state index in [0.29, 0.717) is 6.54 Å². The van der Waals surface area contributed by atoms with E-state index in [9.17, 15) is 4.79 Å². The fourth-order valence-electron chi connectivity index (χ4n) is 2.59. The molecule has 0 aliphatic carbocycles. The summed E-state index contributed by atoms with van der Waals surface area (Å²) < 4.78 is 6.18. The molecular weight excluding hydrogens is 344 g/mol. The van der Waals surface area contributed by atoms with Gasteiger partial charge in [0.1, 0.15) is 11.8 Å². The fourth-order valence-corrected chi connectivity index (χ4v) is 2.93. The van der Waals surface area contributed by atoms with Crippen LogP contribution in [0, 0.1) is 0 Å². The first-order chi connectivity index (χ1) is 10.6. The molecule has 5 heteroatoms. The normalized spacial score (nSPS) is 17.0. The van der Waals surface area contributed by atoms with Crippen LogP contribution in [-0.4, -0.2) is 19.1 Å². The molecule has 1 heterocycles. The van der Waals surface area contributed by atoms with Crippen molar-refractivity contribution in [2.24, 2.45) is 0 Å². The summed E-state index contributed by atoms with van der Waals surface area (Å²) >= 11 is 3.50. The van der Waals surface area contributed by atoms with Gasteiger partial charge in [0.25, 0.3) is 0 Å². The first kappa shape index (κ1) is 14.9. The lowest BCUT2D eigenvalue weighted by molar-refractivity contribution is -0.117. The number of methoxy groups -OCH3 is 1. The largest absolute Gasteiger partial charge is 0.497 e. The van der Waals surface area contributed by atoms with E-state index in [1.54, 1.807) is 7.11 Å². The summed E-state index contributed by atoms with van der Waals surface area (Å²) in [4.78, 5) is 14.3. The van der Waals surface area contributed by atoms with Crippen molar-refractivity contribution in [3.05, 3.63) is 52.5 Å².